The highest BCUT2D eigenvalue weighted by atomic mass is 16.5. The van der Waals surface area contributed by atoms with Crippen molar-refractivity contribution < 1.29 is 9.53 Å². The number of carbonyl (C=O) groups excluding carboxylic acids is 1. The Morgan fingerprint density at radius 1 is 1.55 bits per heavy atom. The minimum Gasteiger partial charge on any atom is -0.469 e. The largest absolute Gasteiger partial charge is 0.469 e. The average molecular weight is 156 g/mol. The molecule has 0 aromatic heterocycles. The van der Waals surface area contributed by atoms with E-state index in [4.69, 9.17) is 4.74 Å². The van der Waals surface area contributed by atoms with Crippen LogP contribution in [0.4, 0.5) is 0 Å². The van der Waals surface area contributed by atoms with Gasteiger partial charge in [0.05, 0.1) is 12.5 Å². The predicted molar refractivity (Wildman–Crippen MR) is 43.2 cm³/mol. The molecule has 0 aliphatic heterocycles. The minimum atomic E-state index is -0.0799. The molecule has 0 amide bonds. The SMILES string of the molecule is CCCC1(C(=O)OC)CCC1. The Labute approximate surface area is 67.9 Å². The van der Waals surface area contributed by atoms with E-state index in [2.05, 4.69) is 6.92 Å². The van der Waals surface area contributed by atoms with Crippen molar-refractivity contribution in [2.24, 2.45) is 5.41 Å². The van der Waals surface area contributed by atoms with E-state index in [9.17, 15) is 4.79 Å². The second-order valence-electron chi connectivity index (χ2n) is 3.38. The molecule has 11 heavy (non-hydrogen) atoms. The lowest BCUT2D eigenvalue weighted by Gasteiger charge is -2.38. The smallest absolute Gasteiger partial charge is 0.311 e. The van der Waals surface area contributed by atoms with Crippen molar-refractivity contribution in [2.75, 3.05) is 7.11 Å². The number of methoxy groups -OCH3 is 1. The van der Waals surface area contributed by atoms with Gasteiger partial charge in [-0.2, -0.15) is 0 Å². The van der Waals surface area contributed by atoms with Gasteiger partial charge in [0.25, 0.3) is 0 Å². The molecule has 0 spiro atoms. The first-order valence-corrected chi connectivity index (χ1v) is 4.33. The van der Waals surface area contributed by atoms with E-state index in [0.717, 1.165) is 25.7 Å². The molecule has 0 aromatic rings. The van der Waals surface area contributed by atoms with E-state index in [1.54, 1.807) is 0 Å². The van der Waals surface area contributed by atoms with Gasteiger partial charge in [-0.05, 0) is 19.3 Å². The van der Waals surface area contributed by atoms with Crippen molar-refractivity contribution in [2.45, 2.75) is 39.0 Å². The molecule has 0 saturated heterocycles. The Bertz CT molecular complexity index is 148. The van der Waals surface area contributed by atoms with Gasteiger partial charge in [0.1, 0.15) is 0 Å². The van der Waals surface area contributed by atoms with E-state index < -0.39 is 0 Å². The number of rotatable bonds is 3. The first-order chi connectivity index (χ1) is 5.25. The highest BCUT2D eigenvalue weighted by Gasteiger charge is 2.43. The molecule has 1 rings (SSSR count). The van der Waals surface area contributed by atoms with Crippen LogP contribution >= 0.6 is 0 Å². The summed E-state index contributed by atoms with van der Waals surface area (Å²) >= 11 is 0. The Kier molecular flexibility index (Phi) is 2.53. The summed E-state index contributed by atoms with van der Waals surface area (Å²) in [6.45, 7) is 2.11. The Morgan fingerprint density at radius 2 is 2.18 bits per heavy atom. The van der Waals surface area contributed by atoms with Gasteiger partial charge in [-0.3, -0.25) is 4.79 Å². The number of hydrogen-bond acceptors (Lipinski definition) is 2. The zero-order valence-electron chi connectivity index (χ0n) is 7.35. The first-order valence-electron chi connectivity index (χ1n) is 4.33. The van der Waals surface area contributed by atoms with Crippen LogP contribution in [0.25, 0.3) is 0 Å². The highest BCUT2D eigenvalue weighted by molar-refractivity contribution is 5.77. The zero-order valence-corrected chi connectivity index (χ0v) is 7.35. The third-order valence-corrected chi connectivity index (χ3v) is 2.66. The summed E-state index contributed by atoms with van der Waals surface area (Å²) < 4.78 is 4.77. The quantitative estimate of drug-likeness (QED) is 0.585. The highest BCUT2D eigenvalue weighted by Crippen LogP contribution is 2.45. The Balaban J connectivity index is 2.52. The van der Waals surface area contributed by atoms with Crippen molar-refractivity contribution in [3.63, 3.8) is 0 Å². The van der Waals surface area contributed by atoms with E-state index >= 15 is 0 Å². The zero-order chi connectivity index (χ0) is 8.32. The second-order valence-corrected chi connectivity index (χ2v) is 3.38. The molecule has 0 atom stereocenters. The number of carbonyl (C=O) groups is 1. The van der Waals surface area contributed by atoms with Crippen LogP contribution in [-0.4, -0.2) is 13.1 Å². The van der Waals surface area contributed by atoms with Gasteiger partial charge in [-0.15, -0.1) is 0 Å². The molecule has 0 radical (unpaired) electrons. The molecule has 64 valence electrons. The van der Waals surface area contributed by atoms with E-state index in [1.807, 2.05) is 0 Å². The summed E-state index contributed by atoms with van der Waals surface area (Å²) in [5.74, 6) is 0.00519. The van der Waals surface area contributed by atoms with Crippen LogP contribution < -0.4 is 0 Å². The average Bonchev–Trinajstić information content (AvgIpc) is 1.95. The van der Waals surface area contributed by atoms with Gasteiger partial charge in [-0.1, -0.05) is 19.8 Å². The fourth-order valence-corrected chi connectivity index (χ4v) is 1.85. The van der Waals surface area contributed by atoms with Crippen LogP contribution in [-0.2, 0) is 9.53 Å². The predicted octanol–water partition coefficient (Wildman–Crippen LogP) is 2.13. The van der Waals surface area contributed by atoms with Crippen LogP contribution in [0.5, 0.6) is 0 Å². The van der Waals surface area contributed by atoms with E-state index in [-0.39, 0.29) is 11.4 Å². The topological polar surface area (TPSA) is 26.3 Å². The lowest BCUT2D eigenvalue weighted by Crippen LogP contribution is -2.38. The van der Waals surface area contributed by atoms with Crippen LogP contribution in [0, 0.1) is 5.41 Å². The van der Waals surface area contributed by atoms with Gasteiger partial charge in [0.15, 0.2) is 0 Å². The van der Waals surface area contributed by atoms with Crippen molar-refractivity contribution in [3.05, 3.63) is 0 Å². The van der Waals surface area contributed by atoms with Crippen molar-refractivity contribution in [1.29, 1.82) is 0 Å². The second kappa shape index (κ2) is 3.24. The van der Waals surface area contributed by atoms with E-state index in [0.29, 0.717) is 0 Å². The molecule has 1 aliphatic carbocycles. The molecule has 0 aromatic carbocycles. The molecule has 0 N–H and O–H groups in total. The Hall–Kier alpha value is -0.530. The summed E-state index contributed by atoms with van der Waals surface area (Å²) in [4.78, 5) is 11.3. The summed E-state index contributed by atoms with van der Waals surface area (Å²) in [7, 11) is 1.48. The Morgan fingerprint density at radius 3 is 2.45 bits per heavy atom. The standard InChI is InChI=1S/C9H16O2/c1-3-5-9(6-4-7-9)8(10)11-2/h3-7H2,1-2H3. The lowest BCUT2D eigenvalue weighted by atomic mass is 9.66. The molecule has 1 aliphatic rings. The van der Waals surface area contributed by atoms with Crippen molar-refractivity contribution in [3.8, 4) is 0 Å². The van der Waals surface area contributed by atoms with Crippen molar-refractivity contribution in [1.82, 2.24) is 0 Å². The molecule has 2 nitrogen and oxygen atoms in total. The summed E-state index contributed by atoms with van der Waals surface area (Å²) in [6.07, 6.45) is 5.34. The lowest BCUT2D eigenvalue weighted by molar-refractivity contribution is -0.159. The normalized spacial score (nSPS) is 20.5. The first kappa shape index (κ1) is 8.57. The van der Waals surface area contributed by atoms with Gasteiger partial charge in [0.2, 0.25) is 0 Å². The van der Waals surface area contributed by atoms with Crippen LogP contribution in [0.3, 0.4) is 0 Å². The molecule has 2 heteroatoms. The van der Waals surface area contributed by atoms with Crippen LogP contribution in [0.2, 0.25) is 0 Å². The van der Waals surface area contributed by atoms with Crippen LogP contribution in [0.15, 0.2) is 0 Å². The fourth-order valence-electron chi connectivity index (χ4n) is 1.85. The molecule has 0 unspecified atom stereocenters. The molecule has 0 bridgehead atoms. The van der Waals surface area contributed by atoms with Crippen LogP contribution in [0.1, 0.15) is 39.0 Å². The number of ether oxygens (including phenoxy) is 1. The summed E-state index contributed by atoms with van der Waals surface area (Å²) in [5.41, 5.74) is -0.0799. The van der Waals surface area contributed by atoms with Gasteiger partial charge in [-0.25, -0.2) is 0 Å². The van der Waals surface area contributed by atoms with E-state index in [1.165, 1.54) is 13.5 Å². The maximum atomic E-state index is 11.3. The summed E-state index contributed by atoms with van der Waals surface area (Å²) in [6, 6.07) is 0. The summed E-state index contributed by atoms with van der Waals surface area (Å²) in [5, 5.41) is 0. The third-order valence-electron chi connectivity index (χ3n) is 2.66. The molecule has 0 heterocycles. The van der Waals surface area contributed by atoms with Gasteiger partial charge in [0, 0.05) is 0 Å². The third kappa shape index (κ3) is 1.39. The monoisotopic (exact) mass is 156 g/mol. The minimum absolute atomic E-state index is 0.00519. The maximum absolute atomic E-state index is 11.3. The van der Waals surface area contributed by atoms with Gasteiger partial charge < -0.3 is 4.74 Å². The fraction of sp³-hybridized carbons (Fsp3) is 0.889. The number of esters is 1. The number of hydrogen-bond donors (Lipinski definition) is 0. The van der Waals surface area contributed by atoms with Gasteiger partial charge >= 0.3 is 5.97 Å². The molecular weight excluding hydrogens is 140 g/mol. The molecule has 1 saturated carbocycles. The molecular formula is C9H16O2. The maximum Gasteiger partial charge on any atom is 0.311 e. The molecule has 1 fully saturated rings. The van der Waals surface area contributed by atoms with Crippen molar-refractivity contribution >= 4 is 5.97 Å².